The minimum atomic E-state index is 0.166. The molecule has 0 aliphatic carbocycles. The van der Waals surface area contributed by atoms with Crippen molar-refractivity contribution in [2.75, 3.05) is 20.2 Å². The summed E-state index contributed by atoms with van der Waals surface area (Å²) in [5.41, 5.74) is 1.25. The molecule has 0 spiro atoms. The van der Waals surface area contributed by atoms with Gasteiger partial charge in [-0.25, -0.2) is 0 Å². The molecule has 4 heteroatoms. The van der Waals surface area contributed by atoms with Gasteiger partial charge in [0.2, 0.25) is 5.91 Å². The Morgan fingerprint density at radius 2 is 2.09 bits per heavy atom. The van der Waals surface area contributed by atoms with E-state index in [0.717, 1.165) is 31.7 Å². The number of carbonyl (C=O) groups is 1. The molecule has 0 bridgehead atoms. The third-order valence-corrected chi connectivity index (χ3v) is 4.24. The summed E-state index contributed by atoms with van der Waals surface area (Å²) in [4.78, 5) is 11.9. The van der Waals surface area contributed by atoms with Crippen molar-refractivity contribution in [2.24, 2.45) is 0 Å². The Bertz CT molecular complexity index is 437. The van der Waals surface area contributed by atoms with Crippen LogP contribution in [0.4, 0.5) is 0 Å². The van der Waals surface area contributed by atoms with E-state index in [2.05, 4.69) is 22.8 Å². The molecule has 1 aromatic carbocycles. The van der Waals surface area contributed by atoms with Gasteiger partial charge in [0, 0.05) is 19.0 Å². The van der Waals surface area contributed by atoms with Gasteiger partial charge in [-0.1, -0.05) is 25.0 Å². The summed E-state index contributed by atoms with van der Waals surface area (Å²) >= 11 is 0. The van der Waals surface area contributed by atoms with Gasteiger partial charge >= 0.3 is 0 Å². The standard InChI is InChI=1S/C18H28N2O2/c1-22-17-11-9-15(10-12-17)6-5-8-18(21)20-14-16-7-3-2-4-13-19-16/h9-12,16,19H,2-8,13-14H2,1H3,(H,20,21). The number of hydrogen-bond acceptors (Lipinski definition) is 3. The number of benzene rings is 1. The van der Waals surface area contributed by atoms with E-state index in [9.17, 15) is 4.79 Å². The summed E-state index contributed by atoms with van der Waals surface area (Å²) < 4.78 is 5.14. The van der Waals surface area contributed by atoms with Crippen LogP contribution in [-0.2, 0) is 11.2 Å². The molecule has 1 unspecified atom stereocenters. The van der Waals surface area contributed by atoms with Crippen molar-refractivity contribution in [3.8, 4) is 5.75 Å². The maximum absolute atomic E-state index is 11.9. The zero-order valence-electron chi connectivity index (χ0n) is 13.6. The van der Waals surface area contributed by atoms with E-state index in [1.807, 2.05) is 12.1 Å². The van der Waals surface area contributed by atoms with Gasteiger partial charge < -0.3 is 15.4 Å². The second kappa shape index (κ2) is 9.46. The van der Waals surface area contributed by atoms with E-state index in [1.165, 1.54) is 31.2 Å². The molecule has 1 aliphatic heterocycles. The Morgan fingerprint density at radius 1 is 1.27 bits per heavy atom. The van der Waals surface area contributed by atoms with Gasteiger partial charge in [-0.2, -0.15) is 0 Å². The van der Waals surface area contributed by atoms with E-state index in [1.54, 1.807) is 7.11 Å². The minimum absolute atomic E-state index is 0.166. The van der Waals surface area contributed by atoms with Crippen molar-refractivity contribution in [3.05, 3.63) is 29.8 Å². The molecule has 4 nitrogen and oxygen atoms in total. The van der Waals surface area contributed by atoms with E-state index < -0.39 is 0 Å². The molecule has 1 heterocycles. The van der Waals surface area contributed by atoms with Crippen LogP contribution in [0, 0.1) is 0 Å². The summed E-state index contributed by atoms with van der Waals surface area (Å²) in [6.45, 7) is 1.85. The van der Waals surface area contributed by atoms with Gasteiger partial charge in [-0.3, -0.25) is 4.79 Å². The summed E-state index contributed by atoms with van der Waals surface area (Å²) in [6, 6.07) is 8.51. The zero-order valence-corrected chi connectivity index (χ0v) is 13.6. The molecule has 1 aliphatic rings. The molecule has 2 rings (SSSR count). The van der Waals surface area contributed by atoms with Gasteiger partial charge in [0.1, 0.15) is 5.75 Å². The number of ether oxygens (including phenoxy) is 1. The average Bonchev–Trinajstić information content (AvgIpc) is 2.82. The first-order valence-electron chi connectivity index (χ1n) is 8.41. The second-order valence-corrected chi connectivity index (χ2v) is 6.01. The molecule has 1 atom stereocenters. The zero-order chi connectivity index (χ0) is 15.6. The van der Waals surface area contributed by atoms with Crippen LogP contribution in [0.25, 0.3) is 0 Å². The highest BCUT2D eigenvalue weighted by molar-refractivity contribution is 5.75. The molecule has 1 amide bonds. The third-order valence-electron chi connectivity index (χ3n) is 4.24. The molecule has 0 aromatic heterocycles. The summed E-state index contributed by atoms with van der Waals surface area (Å²) in [5, 5.41) is 6.57. The van der Waals surface area contributed by atoms with Gasteiger partial charge in [-0.15, -0.1) is 0 Å². The predicted molar refractivity (Wildman–Crippen MR) is 89.2 cm³/mol. The van der Waals surface area contributed by atoms with Gasteiger partial charge in [0.15, 0.2) is 0 Å². The highest BCUT2D eigenvalue weighted by Crippen LogP contribution is 2.13. The molecule has 1 fully saturated rings. The molecular formula is C18H28N2O2. The lowest BCUT2D eigenvalue weighted by molar-refractivity contribution is -0.121. The lowest BCUT2D eigenvalue weighted by atomic mass is 10.1. The first kappa shape index (κ1) is 16.8. The van der Waals surface area contributed by atoms with Crippen LogP contribution in [0.1, 0.15) is 44.1 Å². The Balaban J connectivity index is 1.60. The topological polar surface area (TPSA) is 50.4 Å². The van der Waals surface area contributed by atoms with Crippen LogP contribution in [0.2, 0.25) is 0 Å². The van der Waals surface area contributed by atoms with Gasteiger partial charge in [0.25, 0.3) is 0 Å². The summed E-state index contributed by atoms with van der Waals surface area (Å²) in [7, 11) is 1.67. The number of hydrogen-bond donors (Lipinski definition) is 2. The van der Waals surface area contributed by atoms with E-state index in [4.69, 9.17) is 4.74 Å². The number of rotatable bonds is 7. The molecule has 122 valence electrons. The fraction of sp³-hybridized carbons (Fsp3) is 0.611. The SMILES string of the molecule is COc1ccc(CCCC(=O)NCC2CCCCCN2)cc1. The Kier molecular flexibility index (Phi) is 7.23. The molecule has 0 radical (unpaired) electrons. The van der Waals surface area contributed by atoms with E-state index >= 15 is 0 Å². The predicted octanol–water partition coefficient (Wildman–Crippen LogP) is 2.67. The first-order valence-corrected chi connectivity index (χ1v) is 8.41. The molecule has 1 aromatic rings. The lowest BCUT2D eigenvalue weighted by Crippen LogP contribution is -2.40. The van der Waals surface area contributed by atoms with Crippen molar-refractivity contribution in [1.82, 2.24) is 10.6 Å². The number of methoxy groups -OCH3 is 1. The van der Waals surface area contributed by atoms with E-state index in [-0.39, 0.29) is 5.91 Å². The van der Waals surface area contributed by atoms with Crippen LogP contribution in [-0.4, -0.2) is 32.1 Å². The third kappa shape index (κ3) is 6.06. The molecule has 1 saturated heterocycles. The van der Waals surface area contributed by atoms with Crippen LogP contribution in [0.15, 0.2) is 24.3 Å². The second-order valence-electron chi connectivity index (χ2n) is 6.01. The van der Waals surface area contributed by atoms with Crippen LogP contribution >= 0.6 is 0 Å². The molecule has 22 heavy (non-hydrogen) atoms. The number of carbonyl (C=O) groups excluding carboxylic acids is 1. The van der Waals surface area contributed by atoms with Crippen molar-refractivity contribution in [3.63, 3.8) is 0 Å². The smallest absolute Gasteiger partial charge is 0.220 e. The van der Waals surface area contributed by atoms with Crippen LogP contribution in [0.3, 0.4) is 0 Å². The maximum atomic E-state index is 11.9. The summed E-state index contributed by atoms with van der Waals surface area (Å²) in [5.74, 6) is 1.04. The van der Waals surface area contributed by atoms with Crippen molar-refractivity contribution in [1.29, 1.82) is 0 Å². The normalized spacial score (nSPS) is 18.5. The Labute approximate surface area is 133 Å². The minimum Gasteiger partial charge on any atom is -0.497 e. The fourth-order valence-corrected chi connectivity index (χ4v) is 2.85. The Morgan fingerprint density at radius 3 is 2.86 bits per heavy atom. The largest absolute Gasteiger partial charge is 0.497 e. The van der Waals surface area contributed by atoms with Gasteiger partial charge in [0.05, 0.1) is 7.11 Å². The summed E-state index contributed by atoms with van der Waals surface area (Å²) in [6.07, 6.45) is 7.41. The number of aryl methyl sites for hydroxylation is 1. The number of nitrogens with one attached hydrogen (secondary N) is 2. The number of amides is 1. The molecular weight excluding hydrogens is 276 g/mol. The monoisotopic (exact) mass is 304 g/mol. The fourth-order valence-electron chi connectivity index (χ4n) is 2.85. The quantitative estimate of drug-likeness (QED) is 0.814. The highest BCUT2D eigenvalue weighted by Gasteiger charge is 2.12. The van der Waals surface area contributed by atoms with Crippen LogP contribution in [0.5, 0.6) is 5.75 Å². The van der Waals surface area contributed by atoms with Crippen molar-refractivity contribution >= 4 is 5.91 Å². The Hall–Kier alpha value is -1.55. The molecule has 2 N–H and O–H groups in total. The molecule has 0 saturated carbocycles. The highest BCUT2D eigenvalue weighted by atomic mass is 16.5. The average molecular weight is 304 g/mol. The van der Waals surface area contributed by atoms with Crippen molar-refractivity contribution < 1.29 is 9.53 Å². The maximum Gasteiger partial charge on any atom is 0.220 e. The first-order chi connectivity index (χ1) is 10.8. The van der Waals surface area contributed by atoms with Crippen LogP contribution < -0.4 is 15.4 Å². The van der Waals surface area contributed by atoms with Gasteiger partial charge in [-0.05, 0) is 49.9 Å². The lowest BCUT2D eigenvalue weighted by Gasteiger charge is -2.16. The van der Waals surface area contributed by atoms with E-state index in [0.29, 0.717) is 12.5 Å². The van der Waals surface area contributed by atoms with Crippen molar-refractivity contribution in [2.45, 2.75) is 51.0 Å².